The van der Waals surface area contributed by atoms with Gasteiger partial charge in [0.25, 0.3) is 0 Å². The molecule has 0 N–H and O–H groups in total. The van der Waals surface area contributed by atoms with Gasteiger partial charge in [-0.05, 0) is 54.0 Å². The van der Waals surface area contributed by atoms with Crippen LogP contribution >= 0.6 is 0 Å². The van der Waals surface area contributed by atoms with Gasteiger partial charge in [-0.25, -0.2) is 9.36 Å². The summed E-state index contributed by atoms with van der Waals surface area (Å²) < 4.78 is 4.89. The predicted molar refractivity (Wildman–Crippen MR) is 98.4 cm³/mol. The molecule has 0 aliphatic heterocycles. The van der Waals surface area contributed by atoms with Crippen LogP contribution in [0.4, 0.5) is 5.69 Å². The molecule has 114 valence electrons. The standard InChI is InChI=1S/C20H18N2S/c1-17(21-18-11-5-2-6-12-18)22-23(19-13-7-3-8-14-19)20-15-9-4-10-16-20/h2-16H,1H3. The third kappa shape index (κ3) is 4.24. The van der Waals surface area contributed by atoms with Crippen LogP contribution in [0.1, 0.15) is 6.92 Å². The van der Waals surface area contributed by atoms with E-state index >= 15 is 0 Å². The van der Waals surface area contributed by atoms with Gasteiger partial charge in [-0.3, -0.25) is 0 Å². The van der Waals surface area contributed by atoms with Crippen molar-refractivity contribution in [2.45, 2.75) is 16.7 Å². The fourth-order valence-electron chi connectivity index (χ4n) is 2.18. The minimum Gasteiger partial charge on any atom is -0.233 e. The van der Waals surface area contributed by atoms with Crippen molar-refractivity contribution in [2.24, 2.45) is 9.36 Å². The lowest BCUT2D eigenvalue weighted by molar-refractivity contribution is 1.37. The number of aliphatic imine (C=N–C) groups is 1. The normalized spacial score (nSPS) is 11.5. The molecule has 0 spiro atoms. The average Bonchev–Trinajstić information content (AvgIpc) is 2.62. The third-order valence-electron chi connectivity index (χ3n) is 3.20. The second kappa shape index (κ2) is 7.65. The van der Waals surface area contributed by atoms with Crippen LogP contribution in [0.15, 0.2) is 110 Å². The van der Waals surface area contributed by atoms with Crippen LogP contribution in [0, 0.1) is 0 Å². The maximum Gasteiger partial charge on any atom is 0.133 e. The van der Waals surface area contributed by atoms with E-state index in [1.54, 1.807) is 0 Å². The largest absolute Gasteiger partial charge is 0.233 e. The molecular weight excluding hydrogens is 300 g/mol. The first-order chi connectivity index (χ1) is 11.3. The van der Waals surface area contributed by atoms with Gasteiger partial charge in [0.05, 0.1) is 5.69 Å². The van der Waals surface area contributed by atoms with Crippen LogP contribution in [0.2, 0.25) is 0 Å². The van der Waals surface area contributed by atoms with Crippen molar-refractivity contribution in [3.8, 4) is 0 Å². The highest BCUT2D eigenvalue weighted by atomic mass is 32.2. The number of para-hydroxylation sites is 1. The Labute approximate surface area is 139 Å². The van der Waals surface area contributed by atoms with E-state index in [-0.39, 0.29) is 10.7 Å². The van der Waals surface area contributed by atoms with Gasteiger partial charge in [0, 0.05) is 9.79 Å². The summed E-state index contributed by atoms with van der Waals surface area (Å²) in [4.78, 5) is 7.00. The molecule has 0 unspecified atom stereocenters. The Morgan fingerprint density at radius 2 is 1.09 bits per heavy atom. The zero-order valence-corrected chi connectivity index (χ0v) is 13.8. The number of nitrogens with zero attached hydrogens (tertiary/aromatic N) is 2. The number of hydrogen-bond acceptors (Lipinski definition) is 1. The molecule has 3 aromatic rings. The van der Waals surface area contributed by atoms with E-state index in [0.29, 0.717) is 0 Å². The minimum absolute atomic E-state index is 0.361. The van der Waals surface area contributed by atoms with Crippen LogP contribution in [0.5, 0.6) is 0 Å². The van der Waals surface area contributed by atoms with Crippen molar-refractivity contribution < 1.29 is 0 Å². The van der Waals surface area contributed by atoms with E-state index < -0.39 is 0 Å². The summed E-state index contributed by atoms with van der Waals surface area (Å²) in [7, 11) is -0.361. The van der Waals surface area contributed by atoms with Crippen molar-refractivity contribution in [1.82, 2.24) is 0 Å². The summed E-state index contributed by atoms with van der Waals surface area (Å²) in [6, 6.07) is 30.7. The molecule has 0 aliphatic rings. The van der Waals surface area contributed by atoms with E-state index in [2.05, 4.69) is 53.5 Å². The SMILES string of the molecule is CC(=Nc1ccccc1)N=S(c1ccccc1)c1ccccc1. The van der Waals surface area contributed by atoms with Crippen molar-refractivity contribution in [1.29, 1.82) is 0 Å². The molecule has 23 heavy (non-hydrogen) atoms. The molecule has 3 heteroatoms. The second-order valence-electron chi connectivity index (χ2n) is 5.00. The van der Waals surface area contributed by atoms with E-state index in [9.17, 15) is 0 Å². The van der Waals surface area contributed by atoms with Crippen LogP contribution < -0.4 is 0 Å². The van der Waals surface area contributed by atoms with Crippen LogP contribution in [-0.2, 0) is 10.7 Å². The van der Waals surface area contributed by atoms with Gasteiger partial charge < -0.3 is 0 Å². The smallest absolute Gasteiger partial charge is 0.133 e. The lowest BCUT2D eigenvalue weighted by Crippen LogP contribution is -1.96. The Morgan fingerprint density at radius 1 is 0.652 bits per heavy atom. The van der Waals surface area contributed by atoms with E-state index in [4.69, 9.17) is 4.36 Å². The number of benzene rings is 3. The Kier molecular flexibility index (Phi) is 5.12. The second-order valence-corrected chi connectivity index (χ2v) is 6.69. The molecule has 0 amide bonds. The summed E-state index contributed by atoms with van der Waals surface area (Å²) in [5.41, 5.74) is 0.929. The summed E-state index contributed by atoms with van der Waals surface area (Å²) in [6.45, 7) is 1.96. The molecule has 3 aromatic carbocycles. The van der Waals surface area contributed by atoms with Crippen molar-refractivity contribution in [3.63, 3.8) is 0 Å². The molecule has 2 nitrogen and oxygen atoms in total. The molecule has 0 aromatic heterocycles. The predicted octanol–water partition coefficient (Wildman–Crippen LogP) is 5.66. The van der Waals surface area contributed by atoms with Gasteiger partial charge in [0.1, 0.15) is 5.84 Å². The van der Waals surface area contributed by atoms with Crippen LogP contribution in [-0.4, -0.2) is 5.84 Å². The number of amidine groups is 1. The lowest BCUT2D eigenvalue weighted by atomic mass is 10.3. The fourth-order valence-corrected chi connectivity index (χ4v) is 3.80. The topological polar surface area (TPSA) is 24.7 Å². The van der Waals surface area contributed by atoms with Crippen LogP contribution in [0.25, 0.3) is 0 Å². The highest BCUT2D eigenvalue weighted by Gasteiger charge is 2.05. The van der Waals surface area contributed by atoms with Crippen molar-refractivity contribution in [3.05, 3.63) is 91.0 Å². The molecule has 0 saturated heterocycles. The first kappa shape index (κ1) is 15.4. The van der Waals surface area contributed by atoms with Crippen LogP contribution in [0.3, 0.4) is 0 Å². The molecule has 0 radical (unpaired) electrons. The van der Waals surface area contributed by atoms with E-state index in [0.717, 1.165) is 11.5 Å². The van der Waals surface area contributed by atoms with Gasteiger partial charge in [0.15, 0.2) is 0 Å². The maximum atomic E-state index is 4.89. The van der Waals surface area contributed by atoms with E-state index in [1.165, 1.54) is 9.79 Å². The molecule has 3 rings (SSSR count). The quantitative estimate of drug-likeness (QED) is 0.440. The molecule has 0 saturated carbocycles. The Bertz CT molecular complexity index is 769. The van der Waals surface area contributed by atoms with Crippen molar-refractivity contribution in [2.75, 3.05) is 0 Å². The zero-order chi connectivity index (χ0) is 15.9. The third-order valence-corrected chi connectivity index (χ3v) is 5.09. The maximum absolute atomic E-state index is 4.89. The average molecular weight is 318 g/mol. The van der Waals surface area contributed by atoms with Gasteiger partial charge in [0.2, 0.25) is 0 Å². The monoisotopic (exact) mass is 318 g/mol. The summed E-state index contributed by atoms with van der Waals surface area (Å²) in [6.07, 6.45) is 0. The summed E-state index contributed by atoms with van der Waals surface area (Å²) >= 11 is 0. The number of hydrogen-bond donors (Lipinski definition) is 0. The molecule has 0 atom stereocenters. The highest BCUT2D eigenvalue weighted by Crippen LogP contribution is 2.19. The summed E-state index contributed by atoms with van der Waals surface area (Å²) in [5, 5.41) is 0. The molecule has 0 fully saturated rings. The Hall–Kier alpha value is -2.52. The molecule has 0 aliphatic carbocycles. The van der Waals surface area contributed by atoms with Gasteiger partial charge in [-0.15, -0.1) is 0 Å². The molecular formula is C20H18N2S. The van der Waals surface area contributed by atoms with E-state index in [1.807, 2.05) is 49.4 Å². The molecule has 0 heterocycles. The van der Waals surface area contributed by atoms with Gasteiger partial charge in [-0.1, -0.05) is 54.6 Å². The molecule has 0 bridgehead atoms. The van der Waals surface area contributed by atoms with Crippen molar-refractivity contribution >= 4 is 22.2 Å². The fraction of sp³-hybridized carbons (Fsp3) is 0.0500. The minimum atomic E-state index is -0.361. The first-order valence-corrected chi connectivity index (χ1v) is 8.68. The Balaban J connectivity index is 2.03. The number of rotatable bonds is 3. The zero-order valence-electron chi connectivity index (χ0n) is 13.0. The van der Waals surface area contributed by atoms with Gasteiger partial charge in [-0.2, -0.15) is 0 Å². The lowest BCUT2D eigenvalue weighted by Gasteiger charge is -2.08. The Morgan fingerprint density at radius 3 is 1.57 bits per heavy atom. The van der Waals surface area contributed by atoms with Gasteiger partial charge >= 0.3 is 0 Å². The summed E-state index contributed by atoms with van der Waals surface area (Å²) in [5.74, 6) is 0.784. The highest BCUT2D eigenvalue weighted by molar-refractivity contribution is 7.87. The first-order valence-electron chi connectivity index (χ1n) is 7.49.